The number of carbonyl (C=O) groups is 1. The van der Waals surface area contributed by atoms with E-state index in [1.54, 1.807) is 12.5 Å². The van der Waals surface area contributed by atoms with Gasteiger partial charge in [-0.2, -0.15) is 0 Å². The number of amides is 1. The van der Waals surface area contributed by atoms with Gasteiger partial charge >= 0.3 is 0 Å². The van der Waals surface area contributed by atoms with Gasteiger partial charge in [-0.3, -0.25) is 4.79 Å². The molecule has 3 N–H and O–H groups in total. The molecule has 1 unspecified atom stereocenters. The molecule has 0 aliphatic rings. The molecule has 0 saturated heterocycles. The first-order chi connectivity index (χ1) is 9.70. The Morgan fingerprint density at radius 3 is 2.80 bits per heavy atom. The molecule has 1 heterocycles. The van der Waals surface area contributed by atoms with E-state index in [1.807, 2.05) is 35.9 Å². The quantitative estimate of drug-likeness (QED) is 0.828. The Labute approximate surface area is 118 Å². The van der Waals surface area contributed by atoms with Gasteiger partial charge in [0, 0.05) is 37.9 Å². The molecule has 1 aromatic heterocycles. The Hall–Kier alpha value is -2.14. The zero-order valence-electron chi connectivity index (χ0n) is 11.6. The highest BCUT2D eigenvalue weighted by molar-refractivity contribution is 5.78. The molecule has 20 heavy (non-hydrogen) atoms. The van der Waals surface area contributed by atoms with Crippen LogP contribution in [-0.2, 0) is 17.9 Å². The molecular weight excluding hydrogens is 252 g/mol. The molecule has 106 valence electrons. The van der Waals surface area contributed by atoms with E-state index in [9.17, 15) is 4.79 Å². The number of nitrogens with one attached hydrogen (secondary N) is 1. The van der Waals surface area contributed by atoms with Crippen molar-refractivity contribution in [1.29, 1.82) is 0 Å². The molecule has 0 saturated carbocycles. The maximum absolute atomic E-state index is 11.8. The lowest BCUT2D eigenvalue weighted by Crippen LogP contribution is -2.33. The van der Waals surface area contributed by atoms with Crippen molar-refractivity contribution < 1.29 is 4.79 Å². The van der Waals surface area contributed by atoms with Crippen molar-refractivity contribution in [2.75, 3.05) is 6.54 Å². The smallest absolute Gasteiger partial charge is 0.224 e. The van der Waals surface area contributed by atoms with Crippen molar-refractivity contribution in [3.05, 3.63) is 54.1 Å². The highest BCUT2D eigenvalue weighted by atomic mass is 16.1. The number of hydrogen-bond acceptors (Lipinski definition) is 3. The van der Waals surface area contributed by atoms with E-state index < -0.39 is 0 Å². The third kappa shape index (κ3) is 3.68. The monoisotopic (exact) mass is 272 g/mol. The zero-order valence-corrected chi connectivity index (χ0v) is 11.6. The van der Waals surface area contributed by atoms with Gasteiger partial charge in [-0.05, 0) is 11.1 Å². The predicted molar refractivity (Wildman–Crippen MR) is 77.8 cm³/mol. The van der Waals surface area contributed by atoms with Crippen LogP contribution in [0.25, 0.3) is 0 Å². The highest BCUT2D eigenvalue weighted by Crippen LogP contribution is 2.10. The summed E-state index contributed by atoms with van der Waals surface area (Å²) in [6.45, 7) is 3.46. The fourth-order valence-corrected chi connectivity index (χ4v) is 1.92. The first kappa shape index (κ1) is 14.3. The van der Waals surface area contributed by atoms with Crippen LogP contribution in [0, 0.1) is 5.92 Å². The van der Waals surface area contributed by atoms with Crippen LogP contribution in [-0.4, -0.2) is 22.0 Å². The molecular formula is C15H20N4O. The Morgan fingerprint density at radius 1 is 1.40 bits per heavy atom. The number of nitrogens with two attached hydrogens (primary N) is 1. The van der Waals surface area contributed by atoms with E-state index in [-0.39, 0.29) is 11.8 Å². The van der Waals surface area contributed by atoms with Crippen LogP contribution in [0.2, 0.25) is 0 Å². The van der Waals surface area contributed by atoms with Gasteiger partial charge in [-0.25, -0.2) is 4.98 Å². The molecule has 5 heteroatoms. The number of aromatic nitrogens is 2. The Morgan fingerprint density at radius 2 is 2.15 bits per heavy atom. The SMILES string of the molecule is CC(CN)C(=O)NCc1ccccc1Cn1ccnc1. The maximum atomic E-state index is 11.8. The highest BCUT2D eigenvalue weighted by Gasteiger charge is 2.11. The number of rotatable bonds is 6. The van der Waals surface area contributed by atoms with E-state index in [0.29, 0.717) is 13.1 Å². The number of carbonyl (C=O) groups excluding carboxylic acids is 1. The van der Waals surface area contributed by atoms with Gasteiger partial charge in [0.25, 0.3) is 0 Å². The lowest BCUT2D eigenvalue weighted by molar-refractivity contribution is -0.124. The van der Waals surface area contributed by atoms with Crippen LogP contribution in [0.1, 0.15) is 18.1 Å². The van der Waals surface area contributed by atoms with Crippen molar-refractivity contribution in [3.8, 4) is 0 Å². The van der Waals surface area contributed by atoms with Crippen molar-refractivity contribution in [1.82, 2.24) is 14.9 Å². The Balaban J connectivity index is 2.03. The van der Waals surface area contributed by atoms with Gasteiger partial charge in [0.2, 0.25) is 5.91 Å². The summed E-state index contributed by atoms with van der Waals surface area (Å²) >= 11 is 0. The van der Waals surface area contributed by atoms with Crippen LogP contribution in [0.5, 0.6) is 0 Å². The van der Waals surface area contributed by atoms with Crippen LogP contribution in [0.4, 0.5) is 0 Å². The lowest BCUT2D eigenvalue weighted by atomic mass is 10.1. The summed E-state index contributed by atoms with van der Waals surface area (Å²) in [5.74, 6) is -0.166. The first-order valence-corrected chi connectivity index (χ1v) is 6.71. The summed E-state index contributed by atoms with van der Waals surface area (Å²) < 4.78 is 2.00. The minimum absolute atomic E-state index is 0.00932. The normalized spacial score (nSPS) is 12.1. The summed E-state index contributed by atoms with van der Waals surface area (Å²) in [6.07, 6.45) is 5.46. The standard InChI is InChI=1S/C15H20N4O/c1-12(8-16)15(20)18-9-13-4-2-3-5-14(13)10-19-7-6-17-11-19/h2-7,11-12H,8-10,16H2,1H3,(H,18,20). The minimum Gasteiger partial charge on any atom is -0.352 e. The van der Waals surface area contributed by atoms with Gasteiger partial charge in [0.05, 0.1) is 6.33 Å². The molecule has 0 aliphatic carbocycles. The minimum atomic E-state index is -0.157. The van der Waals surface area contributed by atoms with Gasteiger partial charge in [0.15, 0.2) is 0 Å². The molecule has 2 rings (SSSR count). The Bertz CT molecular complexity index is 551. The fraction of sp³-hybridized carbons (Fsp3) is 0.333. The molecule has 1 amide bonds. The zero-order chi connectivity index (χ0) is 14.4. The topological polar surface area (TPSA) is 72.9 Å². The average Bonchev–Trinajstić information content (AvgIpc) is 2.98. The van der Waals surface area contributed by atoms with E-state index >= 15 is 0 Å². The second kappa shape index (κ2) is 6.86. The van der Waals surface area contributed by atoms with Gasteiger partial charge < -0.3 is 15.6 Å². The third-order valence-corrected chi connectivity index (χ3v) is 3.28. The molecule has 0 spiro atoms. The number of benzene rings is 1. The summed E-state index contributed by atoms with van der Waals surface area (Å²) in [6, 6.07) is 8.07. The lowest BCUT2D eigenvalue weighted by Gasteiger charge is -2.13. The second-order valence-electron chi connectivity index (χ2n) is 4.86. The molecule has 0 radical (unpaired) electrons. The molecule has 0 aliphatic heterocycles. The van der Waals surface area contributed by atoms with E-state index in [1.165, 1.54) is 5.56 Å². The molecule has 5 nitrogen and oxygen atoms in total. The Kier molecular flexibility index (Phi) is 4.90. The van der Waals surface area contributed by atoms with Crippen molar-refractivity contribution in [2.45, 2.75) is 20.0 Å². The second-order valence-corrected chi connectivity index (χ2v) is 4.86. The van der Waals surface area contributed by atoms with Crippen molar-refractivity contribution in [2.24, 2.45) is 11.7 Å². The summed E-state index contributed by atoms with van der Waals surface area (Å²) in [4.78, 5) is 15.8. The van der Waals surface area contributed by atoms with Crippen molar-refractivity contribution in [3.63, 3.8) is 0 Å². The van der Waals surface area contributed by atoms with E-state index in [2.05, 4.69) is 16.4 Å². The fourth-order valence-electron chi connectivity index (χ4n) is 1.92. The van der Waals surface area contributed by atoms with E-state index in [4.69, 9.17) is 5.73 Å². The predicted octanol–water partition coefficient (Wildman–Crippen LogP) is 1.14. The third-order valence-electron chi connectivity index (χ3n) is 3.28. The van der Waals surface area contributed by atoms with Crippen molar-refractivity contribution >= 4 is 5.91 Å². The van der Waals surface area contributed by atoms with Gasteiger partial charge in [0.1, 0.15) is 0 Å². The molecule has 2 aromatic rings. The molecule has 0 bridgehead atoms. The van der Waals surface area contributed by atoms with Gasteiger partial charge in [-0.1, -0.05) is 31.2 Å². The number of imidazole rings is 1. The summed E-state index contributed by atoms with van der Waals surface area (Å²) in [5.41, 5.74) is 7.77. The molecule has 1 atom stereocenters. The molecule has 1 aromatic carbocycles. The van der Waals surface area contributed by atoms with Crippen LogP contribution < -0.4 is 11.1 Å². The van der Waals surface area contributed by atoms with Crippen LogP contribution in [0.15, 0.2) is 43.0 Å². The van der Waals surface area contributed by atoms with E-state index in [0.717, 1.165) is 12.1 Å². The number of hydrogen-bond donors (Lipinski definition) is 2. The van der Waals surface area contributed by atoms with Gasteiger partial charge in [-0.15, -0.1) is 0 Å². The number of nitrogens with zero attached hydrogens (tertiary/aromatic N) is 2. The first-order valence-electron chi connectivity index (χ1n) is 6.71. The summed E-state index contributed by atoms with van der Waals surface area (Å²) in [7, 11) is 0. The average molecular weight is 272 g/mol. The summed E-state index contributed by atoms with van der Waals surface area (Å²) in [5, 5.41) is 2.93. The largest absolute Gasteiger partial charge is 0.352 e. The maximum Gasteiger partial charge on any atom is 0.224 e. The van der Waals surface area contributed by atoms with Crippen LogP contribution in [0.3, 0.4) is 0 Å². The molecule has 0 fully saturated rings. The van der Waals surface area contributed by atoms with Crippen LogP contribution >= 0.6 is 0 Å².